The number of nitrogens with zero attached hydrogens (tertiary/aromatic N) is 2. The first kappa shape index (κ1) is 30.0. The van der Waals surface area contributed by atoms with Crippen LogP contribution in [0, 0.1) is 16.0 Å². The first-order chi connectivity index (χ1) is 16.4. The van der Waals surface area contributed by atoms with E-state index in [9.17, 15) is 19.7 Å². The van der Waals surface area contributed by atoms with Gasteiger partial charge in [-0.25, -0.2) is 9.78 Å². The van der Waals surface area contributed by atoms with E-state index in [4.69, 9.17) is 4.74 Å². The van der Waals surface area contributed by atoms with Crippen molar-refractivity contribution >= 4 is 29.0 Å². The molecule has 2 amide bonds. The zero-order valence-electron chi connectivity index (χ0n) is 21.9. The summed E-state index contributed by atoms with van der Waals surface area (Å²) in [5.41, 5.74) is 1.06. The van der Waals surface area contributed by atoms with Gasteiger partial charge in [0.05, 0.1) is 16.7 Å². The Labute approximate surface area is 211 Å². The van der Waals surface area contributed by atoms with Crippen molar-refractivity contribution in [1.29, 1.82) is 0 Å². The molecular weight excluding hydrogens is 468 g/mol. The van der Waals surface area contributed by atoms with Crippen LogP contribution < -0.4 is 10.6 Å². The van der Waals surface area contributed by atoms with E-state index in [-0.39, 0.29) is 17.5 Å². The number of aromatic nitrogens is 1. The molecule has 1 heterocycles. The number of hydrogen-bond acceptors (Lipinski definition) is 7. The minimum absolute atomic E-state index is 0.00304. The zero-order valence-corrected chi connectivity index (χ0v) is 22.7. The molecule has 0 fully saturated rings. The number of benzene rings is 1. The van der Waals surface area contributed by atoms with E-state index < -0.39 is 28.7 Å². The lowest BCUT2D eigenvalue weighted by Gasteiger charge is -2.27. The Bertz CT molecular complexity index is 967. The Morgan fingerprint density at radius 3 is 2.20 bits per heavy atom. The highest BCUT2D eigenvalue weighted by Crippen LogP contribution is 2.24. The summed E-state index contributed by atoms with van der Waals surface area (Å²) in [4.78, 5) is 40.6. The van der Waals surface area contributed by atoms with Crippen LogP contribution in [0.2, 0.25) is 0 Å². The average molecular weight is 507 g/mol. The van der Waals surface area contributed by atoms with E-state index in [1.165, 1.54) is 23.5 Å². The van der Waals surface area contributed by atoms with Gasteiger partial charge in [-0.15, -0.1) is 11.3 Å². The number of hydrogen-bond donors (Lipinski definition) is 2. The molecule has 0 aliphatic carbocycles. The molecule has 35 heavy (non-hydrogen) atoms. The Hall–Kier alpha value is -3.01. The van der Waals surface area contributed by atoms with Gasteiger partial charge in [-0.05, 0) is 45.1 Å². The molecular formula is C25H38N4O5S. The fourth-order valence-electron chi connectivity index (χ4n) is 3.07. The average Bonchev–Trinajstić information content (AvgIpc) is 3.26. The molecule has 194 valence electrons. The molecule has 1 unspecified atom stereocenters. The number of alkyl carbamates (subject to hydrolysis) is 1. The highest BCUT2D eigenvalue weighted by atomic mass is 32.1. The second-order valence-electron chi connectivity index (χ2n) is 9.09. The monoisotopic (exact) mass is 506 g/mol. The molecule has 0 saturated carbocycles. The van der Waals surface area contributed by atoms with Crippen LogP contribution in [0.15, 0.2) is 29.6 Å². The van der Waals surface area contributed by atoms with Crippen LogP contribution >= 0.6 is 11.3 Å². The maximum absolute atomic E-state index is 13.2. The standard InChI is InChI=1S/C23H32N4O5S.C2H6/c1-7-16-13-33-21(24-16)18(12-15-8-10-17(11-9-15)27(30)31)25-20(28)19(14(2)3)26-22(29)32-23(4,5)6;1-2/h8-11,13-14,18-19H,7,12H2,1-6H3,(H,25,28)(H,26,29);1-2H3/t18-,19?;/m0./s1. The molecule has 0 spiro atoms. The second kappa shape index (κ2) is 13.8. The van der Waals surface area contributed by atoms with Crippen LogP contribution in [0.3, 0.4) is 0 Å². The Morgan fingerprint density at radius 1 is 1.14 bits per heavy atom. The van der Waals surface area contributed by atoms with Gasteiger partial charge in [0, 0.05) is 17.5 Å². The van der Waals surface area contributed by atoms with E-state index >= 15 is 0 Å². The number of amides is 2. The second-order valence-corrected chi connectivity index (χ2v) is 9.98. The number of aryl methyl sites for hydroxylation is 1. The number of carbonyl (C=O) groups excluding carboxylic acids is 2. The van der Waals surface area contributed by atoms with Gasteiger partial charge in [0.1, 0.15) is 16.7 Å². The molecule has 0 saturated heterocycles. The molecule has 2 rings (SSSR count). The number of non-ortho nitro benzene ring substituents is 1. The molecule has 2 aromatic rings. The Kier molecular flexibility index (Phi) is 11.8. The molecule has 1 aromatic heterocycles. The number of nitro benzene ring substituents is 1. The van der Waals surface area contributed by atoms with Gasteiger partial charge in [-0.2, -0.15) is 0 Å². The van der Waals surface area contributed by atoms with Crippen molar-refractivity contribution in [2.45, 2.75) is 85.9 Å². The van der Waals surface area contributed by atoms with Gasteiger partial charge in [-0.1, -0.05) is 46.8 Å². The lowest BCUT2D eigenvalue weighted by molar-refractivity contribution is -0.384. The highest BCUT2D eigenvalue weighted by molar-refractivity contribution is 7.09. The van der Waals surface area contributed by atoms with Crippen LogP contribution in [0.5, 0.6) is 0 Å². The maximum Gasteiger partial charge on any atom is 0.408 e. The van der Waals surface area contributed by atoms with E-state index in [2.05, 4.69) is 15.6 Å². The van der Waals surface area contributed by atoms with Crippen LogP contribution in [-0.2, 0) is 22.4 Å². The summed E-state index contributed by atoms with van der Waals surface area (Å²) < 4.78 is 5.31. The van der Waals surface area contributed by atoms with Crippen molar-refractivity contribution in [3.8, 4) is 0 Å². The summed E-state index contributed by atoms with van der Waals surface area (Å²) in [5, 5.41) is 19.3. The summed E-state index contributed by atoms with van der Waals surface area (Å²) in [6.45, 7) is 14.9. The summed E-state index contributed by atoms with van der Waals surface area (Å²) in [6.07, 6.45) is 0.507. The Balaban J connectivity index is 0.00000298. The van der Waals surface area contributed by atoms with Gasteiger partial charge >= 0.3 is 6.09 Å². The van der Waals surface area contributed by atoms with Crippen LogP contribution in [0.25, 0.3) is 0 Å². The maximum atomic E-state index is 13.2. The SMILES string of the molecule is CC.CCc1csc([C@H](Cc2ccc([N+](=O)[O-])cc2)NC(=O)C(NC(=O)OC(C)(C)C)C(C)C)n1. The number of thiazole rings is 1. The summed E-state index contributed by atoms with van der Waals surface area (Å²) in [5.74, 6) is -0.531. The third-order valence-corrected chi connectivity index (χ3v) is 5.76. The number of ether oxygens (including phenoxy) is 1. The van der Waals surface area contributed by atoms with Crippen molar-refractivity contribution in [2.75, 3.05) is 0 Å². The molecule has 0 aliphatic rings. The first-order valence-corrected chi connectivity index (χ1v) is 12.7. The van der Waals surface area contributed by atoms with E-state index in [0.29, 0.717) is 6.42 Å². The lowest BCUT2D eigenvalue weighted by Crippen LogP contribution is -2.51. The van der Waals surface area contributed by atoms with E-state index in [1.54, 1.807) is 32.9 Å². The number of carbonyl (C=O) groups is 2. The molecule has 0 radical (unpaired) electrons. The third kappa shape index (κ3) is 10.0. The number of nitrogens with one attached hydrogen (secondary N) is 2. The largest absolute Gasteiger partial charge is 0.444 e. The summed E-state index contributed by atoms with van der Waals surface area (Å²) in [7, 11) is 0. The molecule has 2 N–H and O–H groups in total. The summed E-state index contributed by atoms with van der Waals surface area (Å²) >= 11 is 1.45. The predicted octanol–water partition coefficient (Wildman–Crippen LogP) is 5.59. The third-order valence-electron chi connectivity index (χ3n) is 4.75. The van der Waals surface area contributed by atoms with Gasteiger partial charge < -0.3 is 15.4 Å². The molecule has 2 atom stereocenters. The topological polar surface area (TPSA) is 123 Å². The number of rotatable bonds is 9. The van der Waals surface area contributed by atoms with Gasteiger partial charge in [0.25, 0.3) is 5.69 Å². The van der Waals surface area contributed by atoms with Gasteiger partial charge in [-0.3, -0.25) is 14.9 Å². The minimum Gasteiger partial charge on any atom is -0.444 e. The van der Waals surface area contributed by atoms with Crippen LogP contribution in [-0.4, -0.2) is 33.6 Å². The van der Waals surface area contributed by atoms with Crippen molar-refractivity contribution < 1.29 is 19.2 Å². The van der Waals surface area contributed by atoms with Crippen molar-refractivity contribution in [2.24, 2.45) is 5.92 Å². The quantitative estimate of drug-likeness (QED) is 0.337. The number of nitro groups is 1. The van der Waals surface area contributed by atoms with Crippen molar-refractivity contribution in [3.63, 3.8) is 0 Å². The van der Waals surface area contributed by atoms with Crippen molar-refractivity contribution in [3.05, 3.63) is 56.0 Å². The fraction of sp³-hybridized carbons (Fsp3) is 0.560. The molecule has 0 aliphatic heterocycles. The normalized spacial score (nSPS) is 12.7. The van der Waals surface area contributed by atoms with Gasteiger partial charge in [0.15, 0.2) is 0 Å². The van der Waals surface area contributed by atoms with Crippen LogP contribution in [0.1, 0.15) is 77.7 Å². The van der Waals surface area contributed by atoms with Crippen molar-refractivity contribution in [1.82, 2.24) is 15.6 Å². The molecule has 10 heteroatoms. The molecule has 0 bridgehead atoms. The molecule has 9 nitrogen and oxygen atoms in total. The lowest BCUT2D eigenvalue weighted by atomic mass is 10.0. The minimum atomic E-state index is -0.801. The van der Waals surface area contributed by atoms with E-state index in [0.717, 1.165) is 22.7 Å². The zero-order chi connectivity index (χ0) is 26.8. The Morgan fingerprint density at radius 2 is 1.74 bits per heavy atom. The predicted molar refractivity (Wildman–Crippen MR) is 139 cm³/mol. The van der Waals surface area contributed by atoms with Gasteiger partial charge in [0.2, 0.25) is 5.91 Å². The van der Waals surface area contributed by atoms with Crippen LogP contribution in [0.4, 0.5) is 10.5 Å². The highest BCUT2D eigenvalue weighted by Gasteiger charge is 2.29. The van der Waals surface area contributed by atoms with E-state index in [1.807, 2.05) is 40.0 Å². The fourth-order valence-corrected chi connectivity index (χ4v) is 4.02. The smallest absolute Gasteiger partial charge is 0.408 e. The summed E-state index contributed by atoms with van der Waals surface area (Å²) in [6, 6.07) is 4.97. The molecule has 1 aromatic carbocycles. The first-order valence-electron chi connectivity index (χ1n) is 11.9.